The van der Waals surface area contributed by atoms with Gasteiger partial charge in [0.25, 0.3) is 0 Å². The van der Waals surface area contributed by atoms with E-state index in [1.807, 2.05) is 24.1 Å². The first kappa shape index (κ1) is 11.7. The number of nitrogen functional groups attached to an aromatic ring is 2. The van der Waals surface area contributed by atoms with E-state index in [4.69, 9.17) is 16.7 Å². The van der Waals surface area contributed by atoms with Gasteiger partial charge < -0.3 is 16.4 Å². The third kappa shape index (κ3) is 2.18. The van der Waals surface area contributed by atoms with Crippen molar-refractivity contribution in [3.8, 4) is 6.07 Å². The van der Waals surface area contributed by atoms with E-state index < -0.39 is 0 Å². The van der Waals surface area contributed by atoms with Crippen LogP contribution in [0.5, 0.6) is 0 Å². The molecule has 0 amide bonds. The van der Waals surface area contributed by atoms with Crippen molar-refractivity contribution in [2.45, 2.75) is 0 Å². The van der Waals surface area contributed by atoms with Gasteiger partial charge in [0.2, 0.25) is 0 Å². The molecule has 1 aromatic carbocycles. The molecule has 0 saturated heterocycles. The molecule has 2 aromatic rings. The van der Waals surface area contributed by atoms with Crippen molar-refractivity contribution in [2.75, 3.05) is 23.4 Å². The largest absolute Gasteiger partial charge is 0.396 e. The van der Waals surface area contributed by atoms with Gasteiger partial charge >= 0.3 is 0 Å². The lowest BCUT2D eigenvalue weighted by Crippen LogP contribution is -2.12. The van der Waals surface area contributed by atoms with Crippen molar-refractivity contribution >= 4 is 23.0 Å². The van der Waals surface area contributed by atoms with Gasteiger partial charge in [-0.3, -0.25) is 0 Å². The van der Waals surface area contributed by atoms with E-state index in [1.54, 1.807) is 24.3 Å². The maximum Gasteiger partial charge on any atom is 0.149 e. The lowest BCUT2D eigenvalue weighted by atomic mass is 10.2. The van der Waals surface area contributed by atoms with Crippen LogP contribution in [0.3, 0.4) is 0 Å². The molecule has 0 radical (unpaired) electrons. The van der Waals surface area contributed by atoms with Crippen molar-refractivity contribution in [1.82, 2.24) is 4.98 Å². The highest BCUT2D eigenvalue weighted by atomic mass is 15.2. The summed E-state index contributed by atoms with van der Waals surface area (Å²) in [4.78, 5) is 6.08. The minimum atomic E-state index is 0.313. The normalized spacial score (nSPS) is 9.78. The maximum atomic E-state index is 8.74. The Hall–Kier alpha value is -2.74. The van der Waals surface area contributed by atoms with E-state index in [0.29, 0.717) is 22.9 Å². The van der Waals surface area contributed by atoms with E-state index in [2.05, 4.69) is 11.1 Å². The van der Waals surface area contributed by atoms with Gasteiger partial charge in [0.1, 0.15) is 11.6 Å². The Bertz CT molecular complexity index is 598. The van der Waals surface area contributed by atoms with Crippen LogP contribution in [0, 0.1) is 11.3 Å². The van der Waals surface area contributed by atoms with Crippen LogP contribution >= 0.6 is 0 Å². The van der Waals surface area contributed by atoms with Crippen molar-refractivity contribution in [3.05, 3.63) is 42.0 Å². The predicted molar refractivity (Wildman–Crippen MR) is 72.3 cm³/mol. The number of nitriles is 1. The van der Waals surface area contributed by atoms with Gasteiger partial charge in [-0.15, -0.1) is 0 Å². The lowest BCUT2D eigenvalue weighted by molar-refractivity contribution is 1.13. The molecule has 0 aliphatic rings. The molecular weight excluding hydrogens is 226 g/mol. The number of nitrogens with two attached hydrogens (primary N) is 2. The number of anilines is 4. The number of aromatic nitrogens is 1. The molecule has 1 aromatic heterocycles. The van der Waals surface area contributed by atoms with Gasteiger partial charge in [0.05, 0.1) is 17.3 Å². The highest BCUT2D eigenvalue weighted by molar-refractivity contribution is 5.66. The molecule has 4 N–H and O–H groups in total. The molecule has 1 heterocycles. The van der Waals surface area contributed by atoms with Crippen molar-refractivity contribution in [2.24, 2.45) is 0 Å². The molecule has 5 nitrogen and oxygen atoms in total. The third-order valence-electron chi connectivity index (χ3n) is 2.67. The summed E-state index contributed by atoms with van der Waals surface area (Å²) in [6.07, 6.45) is 0. The summed E-state index contributed by atoms with van der Waals surface area (Å²) in [6, 6.07) is 12.8. The van der Waals surface area contributed by atoms with E-state index in [9.17, 15) is 0 Å². The van der Waals surface area contributed by atoms with Crippen LogP contribution in [0.4, 0.5) is 23.0 Å². The first-order valence-electron chi connectivity index (χ1n) is 5.37. The molecule has 0 spiro atoms. The van der Waals surface area contributed by atoms with Gasteiger partial charge in [-0.25, -0.2) is 4.98 Å². The topological polar surface area (TPSA) is 92.0 Å². The number of benzene rings is 1. The van der Waals surface area contributed by atoms with Crippen molar-refractivity contribution in [1.29, 1.82) is 5.26 Å². The fourth-order valence-corrected chi connectivity index (χ4v) is 1.55. The summed E-state index contributed by atoms with van der Waals surface area (Å²) in [5.74, 6) is 1.01. The highest BCUT2D eigenvalue weighted by Crippen LogP contribution is 2.24. The average molecular weight is 239 g/mol. The SMILES string of the molecule is CN(c1ccc(C#N)cc1)c1ccc(N)c(N)n1. The molecule has 90 valence electrons. The van der Waals surface area contributed by atoms with Crippen LogP contribution in [0.1, 0.15) is 5.56 Å². The van der Waals surface area contributed by atoms with Crippen LogP contribution in [-0.2, 0) is 0 Å². The second-order valence-corrected chi connectivity index (χ2v) is 3.86. The zero-order valence-corrected chi connectivity index (χ0v) is 9.96. The van der Waals surface area contributed by atoms with E-state index in [1.165, 1.54) is 0 Å². The minimum Gasteiger partial charge on any atom is -0.396 e. The molecule has 0 bridgehead atoms. The molecule has 18 heavy (non-hydrogen) atoms. The Morgan fingerprint density at radius 3 is 2.33 bits per heavy atom. The molecule has 0 fully saturated rings. The molecule has 2 rings (SSSR count). The summed E-state index contributed by atoms with van der Waals surface area (Å²) >= 11 is 0. The molecule has 5 heteroatoms. The highest BCUT2D eigenvalue weighted by Gasteiger charge is 2.07. The summed E-state index contributed by atoms with van der Waals surface area (Å²) < 4.78 is 0. The maximum absolute atomic E-state index is 8.74. The average Bonchev–Trinajstić information content (AvgIpc) is 2.41. The Kier molecular flexibility index (Phi) is 3.02. The predicted octanol–water partition coefficient (Wildman–Crippen LogP) is 1.89. The standard InChI is InChI=1S/C13H13N5/c1-18(10-4-2-9(8-14)3-5-10)12-7-6-11(15)13(16)17-12/h2-7H,15H2,1H3,(H2,16,17). The summed E-state index contributed by atoms with van der Waals surface area (Å²) in [5.41, 5.74) is 13.3. The monoisotopic (exact) mass is 239 g/mol. The van der Waals surface area contributed by atoms with E-state index >= 15 is 0 Å². The summed E-state index contributed by atoms with van der Waals surface area (Å²) in [7, 11) is 1.87. The fourth-order valence-electron chi connectivity index (χ4n) is 1.55. The number of hydrogen-bond donors (Lipinski definition) is 2. The Labute approximate surface area is 105 Å². The smallest absolute Gasteiger partial charge is 0.149 e. The van der Waals surface area contributed by atoms with Gasteiger partial charge in [0.15, 0.2) is 0 Å². The summed E-state index contributed by atoms with van der Waals surface area (Å²) in [5, 5.41) is 8.74. The quantitative estimate of drug-likeness (QED) is 0.834. The van der Waals surface area contributed by atoms with Gasteiger partial charge in [0, 0.05) is 12.7 Å². The minimum absolute atomic E-state index is 0.313. The molecular formula is C13H13N5. The van der Waals surface area contributed by atoms with Crippen LogP contribution in [0.25, 0.3) is 0 Å². The Morgan fingerprint density at radius 2 is 1.78 bits per heavy atom. The summed E-state index contributed by atoms with van der Waals surface area (Å²) in [6.45, 7) is 0. The van der Waals surface area contributed by atoms with Crippen LogP contribution in [-0.4, -0.2) is 12.0 Å². The molecule has 0 aliphatic heterocycles. The molecule has 0 unspecified atom stereocenters. The number of rotatable bonds is 2. The first-order chi connectivity index (χ1) is 8.61. The van der Waals surface area contributed by atoms with Gasteiger partial charge in [-0.05, 0) is 36.4 Å². The lowest BCUT2D eigenvalue weighted by Gasteiger charge is -2.18. The Morgan fingerprint density at radius 1 is 1.11 bits per heavy atom. The van der Waals surface area contributed by atoms with E-state index in [-0.39, 0.29) is 0 Å². The second kappa shape index (κ2) is 4.63. The Balaban J connectivity index is 2.32. The van der Waals surface area contributed by atoms with Gasteiger partial charge in [-0.2, -0.15) is 5.26 Å². The molecule has 0 saturated carbocycles. The van der Waals surface area contributed by atoms with Crippen molar-refractivity contribution < 1.29 is 0 Å². The van der Waals surface area contributed by atoms with Crippen molar-refractivity contribution in [3.63, 3.8) is 0 Å². The third-order valence-corrected chi connectivity index (χ3v) is 2.67. The number of pyridine rings is 1. The molecule has 0 aliphatic carbocycles. The van der Waals surface area contributed by atoms with Crippen LogP contribution < -0.4 is 16.4 Å². The van der Waals surface area contributed by atoms with Crippen LogP contribution in [0.15, 0.2) is 36.4 Å². The number of nitrogens with zero attached hydrogens (tertiary/aromatic N) is 3. The fraction of sp³-hybridized carbons (Fsp3) is 0.0769. The van der Waals surface area contributed by atoms with E-state index in [0.717, 1.165) is 5.69 Å². The molecule has 0 atom stereocenters. The zero-order chi connectivity index (χ0) is 13.1. The first-order valence-corrected chi connectivity index (χ1v) is 5.37. The second-order valence-electron chi connectivity index (χ2n) is 3.86. The number of hydrogen-bond acceptors (Lipinski definition) is 5. The zero-order valence-electron chi connectivity index (χ0n) is 9.96. The van der Waals surface area contributed by atoms with Gasteiger partial charge in [-0.1, -0.05) is 0 Å². The van der Waals surface area contributed by atoms with Crippen LogP contribution in [0.2, 0.25) is 0 Å².